The number of fused-ring (bicyclic) bond motifs is 5. The predicted molar refractivity (Wildman–Crippen MR) is 633 cm³/mol. The number of H-pyrrole nitrogens is 2. The zero-order valence-electron chi connectivity index (χ0n) is 94.7. The fourth-order valence-corrected chi connectivity index (χ4v) is 20.1. The molecule has 0 amide bonds. The second-order valence-corrected chi connectivity index (χ2v) is 67.1. The maximum absolute atomic E-state index is 6.00. The van der Waals surface area contributed by atoms with Crippen LogP contribution >= 0.6 is 59.4 Å². The molecule has 0 atom stereocenters. The van der Waals surface area contributed by atoms with Crippen LogP contribution in [-0.4, -0.2) is 152 Å². The van der Waals surface area contributed by atoms with Gasteiger partial charge in [0, 0.05) is 148 Å². The normalized spacial score (nSPS) is 11.3. The Balaban J connectivity index is 0.000000245. The van der Waals surface area contributed by atoms with Crippen LogP contribution < -0.4 is 80.0 Å². The van der Waals surface area contributed by atoms with E-state index in [-0.39, 0.29) is 62.0 Å². The van der Waals surface area contributed by atoms with Crippen LogP contribution in [0, 0.1) is 83.1 Å². The molecule has 149 heavy (non-hydrogen) atoms. The first kappa shape index (κ1) is 123. The van der Waals surface area contributed by atoms with Gasteiger partial charge < -0.3 is 84.4 Å². The van der Waals surface area contributed by atoms with Gasteiger partial charge in [-0.15, -0.1) is 0 Å². The van der Waals surface area contributed by atoms with Crippen molar-refractivity contribution in [3.8, 4) is 44.5 Å². The summed E-state index contributed by atoms with van der Waals surface area (Å²) in [6, 6.07) is 61.6. The van der Waals surface area contributed by atoms with Crippen LogP contribution in [0.25, 0.3) is 99.7 Å². The molecule has 0 aliphatic heterocycles. The number of hydrogen-bond acceptors (Lipinski definition) is 21. The van der Waals surface area contributed by atoms with Crippen molar-refractivity contribution in [3.63, 3.8) is 0 Å². The summed E-state index contributed by atoms with van der Waals surface area (Å²) in [7, 11) is -4.07. The van der Waals surface area contributed by atoms with Gasteiger partial charge in [0.2, 0.25) is 0 Å². The number of ether oxygens (including phenoxy) is 4. The van der Waals surface area contributed by atoms with Gasteiger partial charge >= 0.3 is 59.1 Å². The van der Waals surface area contributed by atoms with Gasteiger partial charge in [-0.2, -0.15) is 0 Å². The number of nitrogens with zero attached hydrogens (tertiary/aromatic N) is 14. The molecule has 0 saturated heterocycles. The third-order valence-electron chi connectivity index (χ3n) is 24.7. The summed E-state index contributed by atoms with van der Waals surface area (Å²) in [5, 5.41) is 20.9. The number of alkyl halides is 2. The molecule has 9 aromatic carbocycles. The number of nitrogens with two attached hydrogens (primary N) is 1. The number of aromatic nitrogens is 14. The molecule has 0 spiro atoms. The second kappa shape index (κ2) is 57.7. The first-order valence-corrected chi connectivity index (χ1v) is 68.1. The number of halogens is 4. The van der Waals surface area contributed by atoms with Gasteiger partial charge in [0.15, 0.2) is 0 Å². The largest absolute Gasteiger partial charge is 1.00 e. The first-order valence-electron chi connectivity index (χ1n) is 50.0. The van der Waals surface area contributed by atoms with Crippen molar-refractivity contribution in [3.05, 3.63) is 272 Å². The molecule has 5 N–H and O–H groups in total. The first-order chi connectivity index (χ1) is 69.8. The Morgan fingerprint density at radius 2 is 0.711 bits per heavy atom. The van der Waals surface area contributed by atoms with Gasteiger partial charge in [-0.1, -0.05) is 214 Å². The van der Waals surface area contributed by atoms with E-state index >= 15 is 0 Å². The third-order valence-corrected chi connectivity index (χ3v) is 32.6. The maximum Gasteiger partial charge on any atom is 1.00 e. The van der Waals surface area contributed by atoms with Gasteiger partial charge in [0.25, 0.3) is 0 Å². The van der Waals surface area contributed by atoms with E-state index in [1.54, 1.807) is 12.7 Å². The van der Waals surface area contributed by atoms with Crippen molar-refractivity contribution < 1.29 is 99.0 Å². The summed E-state index contributed by atoms with van der Waals surface area (Å²) >= 11 is 15.3. The van der Waals surface area contributed by atoms with Crippen LogP contribution in [0.5, 0.6) is 0 Å². The number of nitrogens with one attached hydrogen (secondary N) is 3. The van der Waals surface area contributed by atoms with Crippen molar-refractivity contribution in [1.29, 1.82) is 0 Å². The molecule has 0 aliphatic carbocycles. The Morgan fingerprint density at radius 3 is 1.09 bits per heavy atom. The van der Waals surface area contributed by atoms with E-state index in [4.69, 9.17) is 54.4 Å². The Bertz CT molecular complexity index is 7250. The van der Waals surface area contributed by atoms with E-state index in [0.717, 1.165) is 245 Å². The molecule has 0 unspecified atom stereocenters. The fourth-order valence-electron chi connectivity index (χ4n) is 16.3. The number of aryl methyl sites for hydroxylation is 12. The molecule has 0 bridgehead atoms. The molecule has 786 valence electrons. The summed E-state index contributed by atoms with van der Waals surface area (Å²) in [6.45, 7) is 65.3. The molecule has 0 aliphatic rings. The number of hydrogen-bond donors (Lipinski definition) is 4. The van der Waals surface area contributed by atoms with Crippen molar-refractivity contribution >= 4 is 187 Å². The topological polar surface area (TPSA) is 296 Å². The molecular formula is C113H150Br3ClN18Na2O8Si4. The molecular weight excluding hydrogens is 2170 g/mol. The minimum absolute atomic E-state index is 0. The zero-order chi connectivity index (χ0) is 107. The summed E-state index contributed by atoms with van der Waals surface area (Å²) in [4.78, 5) is 32.7. The van der Waals surface area contributed by atoms with Gasteiger partial charge in [-0.3, -0.25) is 0 Å². The van der Waals surface area contributed by atoms with Crippen molar-refractivity contribution in [2.45, 2.75) is 227 Å². The van der Waals surface area contributed by atoms with Gasteiger partial charge in [0.1, 0.15) is 49.3 Å². The number of imidazole rings is 5. The average Bonchev–Trinajstić information content (AvgIpc) is 1.76. The minimum atomic E-state index is -1.10. The van der Waals surface area contributed by atoms with Crippen molar-refractivity contribution in [2.24, 2.45) is 0 Å². The molecule has 18 aromatic rings. The fraction of sp³-hybridized carbons (Fsp3) is 0.372. The van der Waals surface area contributed by atoms with E-state index in [9.17, 15) is 0 Å². The van der Waals surface area contributed by atoms with Crippen LogP contribution in [0.1, 0.15) is 91.7 Å². The SMILES string of the molecule is Brc1ccc2nc[nH]c2c1.CCBr.CCN(c1ccc2nc[nH]c2c1)c1cc(-c2c(C)noc2C)ccc1C.CCN(c1ccc2ncn(COCC[Si](C)(C)C)c2c1)c1cc(-c2c(C)noc2C)ccc1C.C[Si](C)(C)CCOCCl.C[Si](C)(C)CCOCn1cnc2ccc(Br)cc21.Cc1ccc(-c2c(C)noc2C)cc1N.Cc1ccc(-c2c(C)noc2C)cc1Nc1ccc2ncn(COCC[Si](C)(C)C)c2c1.[H-].[H-].[Na+].[Na+]. The Labute approximate surface area is 961 Å². The van der Waals surface area contributed by atoms with Crippen LogP contribution in [0.2, 0.25) is 103 Å². The third kappa shape index (κ3) is 36.0. The second-order valence-electron chi connectivity index (χ2n) is 41.5. The molecule has 18 rings (SSSR count). The summed E-state index contributed by atoms with van der Waals surface area (Å²) in [5.41, 5.74) is 40.7. The monoisotopic (exact) mass is 2320 g/mol. The quantitative estimate of drug-likeness (QED) is 0.0136. The Kier molecular flexibility index (Phi) is 47.7. The number of nitrogen functional groups attached to an aromatic ring is 1. The van der Waals surface area contributed by atoms with Crippen LogP contribution in [0.3, 0.4) is 0 Å². The summed E-state index contributed by atoms with van der Waals surface area (Å²) < 4.78 is 52.3. The summed E-state index contributed by atoms with van der Waals surface area (Å²) in [5.74, 6) is 3.35. The number of rotatable bonds is 31. The van der Waals surface area contributed by atoms with E-state index in [0.29, 0.717) is 26.3 Å². The Morgan fingerprint density at radius 1 is 0.383 bits per heavy atom. The van der Waals surface area contributed by atoms with E-state index in [1.807, 2.05) is 147 Å². The van der Waals surface area contributed by atoms with Gasteiger partial charge in [-0.05, 0) is 281 Å². The Hall–Kier alpha value is -9.19. The van der Waals surface area contributed by atoms with Gasteiger partial charge in [0.05, 0.1) is 110 Å². The molecule has 26 nitrogen and oxygen atoms in total. The van der Waals surface area contributed by atoms with Crippen LogP contribution in [0.15, 0.2) is 222 Å². The smallest absolute Gasteiger partial charge is 1.00 e. The van der Waals surface area contributed by atoms with Crippen molar-refractivity contribution in [2.75, 3.05) is 71.8 Å². The molecule has 9 heterocycles. The van der Waals surface area contributed by atoms with Gasteiger partial charge in [-0.25, -0.2) is 24.9 Å². The number of aromatic amines is 2. The minimum Gasteiger partial charge on any atom is -1.00 e. The molecule has 0 fully saturated rings. The predicted octanol–water partition coefficient (Wildman–Crippen LogP) is 26.5. The van der Waals surface area contributed by atoms with Crippen molar-refractivity contribution in [1.82, 2.24) is 69.2 Å². The molecule has 0 radical (unpaired) electrons. The molecule has 0 saturated carbocycles. The molecule has 9 aromatic heterocycles. The van der Waals surface area contributed by atoms with Crippen LogP contribution in [-0.2, 0) is 39.1 Å². The number of anilines is 7. The standard InChI is InChI=1S/C27H36N4O2Si.C25H32N4O2Si.C21H22N4O.C13H19BrN2OSi.C12H14N2O.C7H5BrN2.C6H15ClOSi.C2H5Br.2Na.2H/c1-8-31(25-15-22(10-9-19(25)2)27-20(3)29-33-21(27)4)23-11-12-24-26(16-23)30(17-28-24)18-32-13-14-34(5,6)7;1-17-7-8-20(25-18(2)28-31-19(25)3)13-23(17)27-21-9-10-22-24(14-21)29(15-26-22)16-30-11-12-32(4,5)6;1-5-25(17-8-9-18-19(11-17)23-12-22-18)20-10-16(7-6-13(20)2)21-14(3)24-26-15(21)4;1-18(2,3)7-6-17-10-16-9-15-12-5-4-11(14)8-13(12)16;1-7-4-5-10(6-11(7)13)12-8(2)14-15-9(12)3;8-5-1-2-6-7(3-5)10-4-9-6;1-9(2,3)5-4-8-6-7;1-2-3;;;;/h9-12,15-17H,8,13-14,18H2,1-7H3;7-10,13-15,27H,11-12,16H2,1-6H3;6-12H,5H2,1-4H3,(H,22,23);4-5,8-9H,6-7,10H2,1-3H3;4-6H,13H2,1-3H3;1-4H,(H,9,10);4-6H2,1-3H3;2H2,1H3;;;;/q;;;;;;;;2*+1;2*-1. The van der Waals surface area contributed by atoms with Crippen LogP contribution in [0.4, 0.5) is 39.8 Å². The average molecular weight is 2320 g/mol. The van der Waals surface area contributed by atoms with E-state index in [2.05, 4.69) is 350 Å². The number of benzene rings is 9. The molecule has 36 heteroatoms. The van der Waals surface area contributed by atoms with E-state index in [1.165, 1.54) is 40.2 Å². The maximum atomic E-state index is 6.00. The van der Waals surface area contributed by atoms with E-state index < -0.39 is 32.3 Å². The summed E-state index contributed by atoms with van der Waals surface area (Å²) in [6.07, 6.45) is 8.99. The zero-order valence-corrected chi connectivity index (χ0v) is 106.